The lowest BCUT2D eigenvalue weighted by atomic mass is 9.70. The number of allylic oxidation sites excluding steroid dienone is 7. The number of fused-ring (bicyclic) bond motifs is 5. The Morgan fingerprint density at radius 1 is 0.491 bits per heavy atom. The highest BCUT2D eigenvalue weighted by molar-refractivity contribution is 6.16. The monoisotopic (exact) mass is 728 g/mol. The van der Waals surface area contributed by atoms with Gasteiger partial charge in [0, 0.05) is 44.3 Å². The lowest BCUT2D eigenvalue weighted by molar-refractivity contribution is 0.672. The summed E-state index contributed by atoms with van der Waals surface area (Å²) in [5, 5.41) is 3.09. The van der Waals surface area contributed by atoms with Gasteiger partial charge in [-0.15, -0.1) is 0 Å². The zero-order valence-corrected chi connectivity index (χ0v) is 30.7. The van der Waals surface area contributed by atoms with Gasteiger partial charge in [0.15, 0.2) is 23.1 Å². The second-order valence-electron chi connectivity index (χ2n) is 14.9. The van der Waals surface area contributed by atoms with Crippen LogP contribution in [-0.2, 0) is 6.42 Å². The standard InChI is InChI=1S/C52H32N4O/c1-2-9-36(10-3-1)50-54-51(37-23-17-31(18-24-37)39-29-27-34-20-19-32-11-8-12-33-28-30-40(39)46(34)45(32)33)56-52(55-50)38-25-21-35(22-26-38)47-41-13-4-5-14-42(41)49-48(53-47)43-15-6-7-16-44(43)57-49/h1-19,21-30,45H,20H2. The molecular formula is C52H32N4O. The summed E-state index contributed by atoms with van der Waals surface area (Å²) in [4.78, 5) is 20.3. The maximum Gasteiger partial charge on any atom is 0.164 e. The number of pyridine rings is 1. The molecule has 0 saturated carbocycles. The molecular weight excluding hydrogens is 697 g/mol. The van der Waals surface area contributed by atoms with Gasteiger partial charge in [-0.2, -0.15) is 0 Å². The van der Waals surface area contributed by atoms with E-state index in [0.717, 1.165) is 67.2 Å². The van der Waals surface area contributed by atoms with E-state index in [1.54, 1.807) is 0 Å². The molecule has 0 spiro atoms. The number of benzene rings is 6. The third-order valence-corrected chi connectivity index (χ3v) is 11.7. The third kappa shape index (κ3) is 5.09. The summed E-state index contributed by atoms with van der Waals surface area (Å²) in [7, 11) is 0. The molecule has 12 rings (SSSR count). The summed E-state index contributed by atoms with van der Waals surface area (Å²) in [6.07, 6.45) is 14.6. The van der Waals surface area contributed by atoms with Crippen molar-refractivity contribution in [2.24, 2.45) is 0 Å². The first-order chi connectivity index (χ1) is 28.2. The second kappa shape index (κ2) is 12.5. The van der Waals surface area contributed by atoms with Crippen molar-refractivity contribution in [2.75, 3.05) is 0 Å². The topological polar surface area (TPSA) is 64.7 Å². The number of para-hydroxylation sites is 1. The second-order valence-corrected chi connectivity index (χ2v) is 14.9. The quantitative estimate of drug-likeness (QED) is 0.177. The van der Waals surface area contributed by atoms with Crippen molar-refractivity contribution in [2.45, 2.75) is 12.3 Å². The predicted molar refractivity (Wildman–Crippen MR) is 230 cm³/mol. The summed E-state index contributed by atoms with van der Waals surface area (Å²) < 4.78 is 6.31. The van der Waals surface area contributed by atoms with E-state index in [9.17, 15) is 0 Å². The highest BCUT2D eigenvalue weighted by Gasteiger charge is 2.31. The number of aromatic nitrogens is 4. The molecule has 5 heteroatoms. The number of nitrogens with zero attached hydrogens (tertiary/aromatic N) is 4. The number of hydrogen-bond donors (Lipinski definition) is 0. The fourth-order valence-corrected chi connectivity index (χ4v) is 8.90. The Morgan fingerprint density at radius 2 is 1.12 bits per heavy atom. The molecule has 1 unspecified atom stereocenters. The van der Waals surface area contributed by atoms with Gasteiger partial charge in [-0.3, -0.25) is 0 Å². The Morgan fingerprint density at radius 3 is 1.88 bits per heavy atom. The molecule has 0 aliphatic heterocycles. The normalized spacial score (nSPS) is 15.2. The minimum absolute atomic E-state index is 0.322. The molecule has 0 bridgehead atoms. The fraction of sp³-hybridized carbons (Fsp3) is 0.0385. The van der Waals surface area contributed by atoms with Crippen LogP contribution in [-0.4, -0.2) is 19.9 Å². The average Bonchev–Trinajstić information content (AvgIpc) is 3.67. The zero-order chi connectivity index (χ0) is 37.5. The van der Waals surface area contributed by atoms with Crippen molar-refractivity contribution in [1.29, 1.82) is 0 Å². The van der Waals surface area contributed by atoms with Crippen LogP contribution in [0.3, 0.4) is 0 Å². The number of furan rings is 1. The van der Waals surface area contributed by atoms with Crippen molar-refractivity contribution < 1.29 is 4.42 Å². The Balaban J connectivity index is 0.932. The van der Waals surface area contributed by atoms with Gasteiger partial charge in [0.1, 0.15) is 11.1 Å². The summed E-state index contributed by atoms with van der Waals surface area (Å²) in [6.45, 7) is 0. The minimum atomic E-state index is 0.322. The van der Waals surface area contributed by atoms with Crippen molar-refractivity contribution in [3.63, 3.8) is 0 Å². The van der Waals surface area contributed by atoms with Crippen LogP contribution in [0.4, 0.5) is 0 Å². The first-order valence-electron chi connectivity index (χ1n) is 19.4. The van der Waals surface area contributed by atoms with Crippen LogP contribution in [0.2, 0.25) is 0 Å². The van der Waals surface area contributed by atoms with Crippen molar-refractivity contribution in [3.05, 3.63) is 198 Å². The Kier molecular flexibility index (Phi) is 6.99. The maximum atomic E-state index is 6.31. The zero-order valence-electron chi connectivity index (χ0n) is 30.7. The highest BCUT2D eigenvalue weighted by atomic mass is 16.3. The van der Waals surface area contributed by atoms with Gasteiger partial charge in [-0.25, -0.2) is 19.9 Å². The van der Waals surface area contributed by atoms with Gasteiger partial charge >= 0.3 is 0 Å². The molecule has 1 atom stereocenters. The molecule has 3 aromatic heterocycles. The Labute approximate surface area is 328 Å². The molecule has 3 heterocycles. The fourth-order valence-electron chi connectivity index (χ4n) is 8.90. The van der Waals surface area contributed by atoms with E-state index in [4.69, 9.17) is 24.4 Å². The summed E-state index contributed by atoms with van der Waals surface area (Å²) in [5.41, 5.74) is 16.6. The molecule has 0 fully saturated rings. The molecule has 0 N–H and O–H groups in total. The summed E-state index contributed by atoms with van der Waals surface area (Å²) in [5.74, 6) is 2.20. The predicted octanol–water partition coefficient (Wildman–Crippen LogP) is 12.7. The summed E-state index contributed by atoms with van der Waals surface area (Å²) >= 11 is 0. The van der Waals surface area contributed by atoms with Crippen LogP contribution in [0.15, 0.2) is 185 Å². The molecule has 57 heavy (non-hydrogen) atoms. The molecule has 266 valence electrons. The molecule has 5 nitrogen and oxygen atoms in total. The Bertz CT molecular complexity index is 3240. The largest absolute Gasteiger partial charge is 0.454 e. The lowest BCUT2D eigenvalue weighted by Crippen LogP contribution is -2.17. The molecule has 9 aromatic rings. The SMILES string of the molecule is C1=CC2=CCc3ccc(-c4ccc(-c5nc(-c6ccccc6)nc(-c6ccc(-c7nc8c9ccccc9oc8c8ccccc78)cc6)n5)cc4)c4c3C2C(=C1)C=C4. The van der Waals surface area contributed by atoms with Crippen molar-refractivity contribution >= 4 is 38.9 Å². The van der Waals surface area contributed by atoms with Crippen LogP contribution in [0, 0.1) is 0 Å². The minimum Gasteiger partial charge on any atom is -0.454 e. The Hall–Kier alpha value is -7.50. The van der Waals surface area contributed by atoms with Crippen LogP contribution < -0.4 is 0 Å². The highest BCUT2D eigenvalue weighted by Crippen LogP contribution is 2.48. The summed E-state index contributed by atoms with van der Waals surface area (Å²) in [6, 6.07) is 48.2. The van der Waals surface area contributed by atoms with E-state index >= 15 is 0 Å². The van der Waals surface area contributed by atoms with Gasteiger partial charge in [-0.05, 0) is 57.5 Å². The van der Waals surface area contributed by atoms with E-state index in [-0.39, 0.29) is 0 Å². The molecule has 3 aliphatic carbocycles. The maximum absolute atomic E-state index is 6.31. The molecule has 0 amide bonds. The third-order valence-electron chi connectivity index (χ3n) is 11.7. The number of hydrogen-bond acceptors (Lipinski definition) is 5. The first-order valence-corrected chi connectivity index (χ1v) is 19.4. The van der Waals surface area contributed by atoms with Crippen LogP contribution >= 0.6 is 0 Å². The van der Waals surface area contributed by atoms with Gasteiger partial charge in [-0.1, -0.05) is 164 Å². The molecule has 0 saturated heterocycles. The molecule has 0 radical (unpaired) electrons. The van der Waals surface area contributed by atoms with E-state index in [2.05, 4.69) is 115 Å². The van der Waals surface area contributed by atoms with E-state index < -0.39 is 0 Å². The van der Waals surface area contributed by atoms with Crippen LogP contribution in [0.25, 0.3) is 95.5 Å². The van der Waals surface area contributed by atoms with Crippen molar-refractivity contribution in [1.82, 2.24) is 19.9 Å². The molecule has 6 aromatic carbocycles. The van der Waals surface area contributed by atoms with Gasteiger partial charge in [0.25, 0.3) is 0 Å². The smallest absolute Gasteiger partial charge is 0.164 e. The van der Waals surface area contributed by atoms with Gasteiger partial charge in [0.2, 0.25) is 0 Å². The van der Waals surface area contributed by atoms with Crippen LogP contribution in [0.1, 0.15) is 22.6 Å². The van der Waals surface area contributed by atoms with Gasteiger partial charge < -0.3 is 4.42 Å². The lowest BCUT2D eigenvalue weighted by Gasteiger charge is -2.34. The molecule has 3 aliphatic rings. The first kappa shape index (κ1) is 31.8. The van der Waals surface area contributed by atoms with E-state index in [1.165, 1.54) is 39.0 Å². The van der Waals surface area contributed by atoms with Crippen molar-refractivity contribution in [3.8, 4) is 56.5 Å². The van der Waals surface area contributed by atoms with Gasteiger partial charge in [0.05, 0.1) is 5.69 Å². The van der Waals surface area contributed by atoms with Crippen LogP contribution in [0.5, 0.6) is 0 Å². The average molecular weight is 729 g/mol. The number of rotatable bonds is 5. The van der Waals surface area contributed by atoms with E-state index in [1.807, 2.05) is 60.7 Å². The van der Waals surface area contributed by atoms with E-state index in [0.29, 0.717) is 23.4 Å².